The minimum Gasteiger partial charge on any atom is -0.453 e. The van der Waals surface area contributed by atoms with Gasteiger partial charge >= 0.3 is 6.18 Å². The van der Waals surface area contributed by atoms with E-state index in [1.165, 1.54) is 0 Å². The third kappa shape index (κ3) is 5.59. The quantitative estimate of drug-likeness (QED) is 0.840. The first kappa shape index (κ1) is 14.6. The van der Waals surface area contributed by atoms with Crippen LogP contribution in [0.5, 0.6) is 0 Å². The van der Waals surface area contributed by atoms with Gasteiger partial charge in [-0.2, -0.15) is 13.2 Å². The van der Waals surface area contributed by atoms with E-state index in [2.05, 4.69) is 21.2 Å². The molecule has 2 nitrogen and oxygen atoms in total. The highest BCUT2D eigenvalue weighted by Crippen LogP contribution is 2.29. The predicted octanol–water partition coefficient (Wildman–Crippen LogP) is 4.43. The van der Waals surface area contributed by atoms with Crippen LogP contribution in [0.15, 0.2) is 21.2 Å². The summed E-state index contributed by atoms with van der Waals surface area (Å²) in [6, 6.07) is 2.99. The number of rotatable bonds is 6. The van der Waals surface area contributed by atoms with Gasteiger partial charge < -0.3 is 9.73 Å². The average molecular weight is 314 g/mol. The number of hydrogen-bond donors (Lipinski definition) is 1. The lowest BCUT2D eigenvalue weighted by molar-refractivity contribution is -0.136. The van der Waals surface area contributed by atoms with Crippen LogP contribution in [0.3, 0.4) is 0 Å². The van der Waals surface area contributed by atoms with Gasteiger partial charge in [-0.15, -0.1) is 0 Å². The molecule has 1 aromatic heterocycles. The van der Waals surface area contributed by atoms with E-state index in [1.807, 2.05) is 6.92 Å². The molecule has 0 aliphatic carbocycles. The molecule has 0 amide bonds. The molecule has 0 radical (unpaired) electrons. The van der Waals surface area contributed by atoms with E-state index in [1.54, 1.807) is 12.1 Å². The second-order valence-corrected chi connectivity index (χ2v) is 4.58. The van der Waals surface area contributed by atoms with Gasteiger partial charge in [-0.3, -0.25) is 0 Å². The zero-order valence-corrected chi connectivity index (χ0v) is 11.1. The lowest BCUT2D eigenvalue weighted by Crippen LogP contribution is -2.23. The maximum absolute atomic E-state index is 12.2. The summed E-state index contributed by atoms with van der Waals surface area (Å²) in [6.07, 6.45) is -4.09. The second-order valence-electron chi connectivity index (χ2n) is 3.80. The Labute approximate surface area is 107 Å². The van der Waals surface area contributed by atoms with Crippen LogP contribution in [0.1, 0.15) is 38.0 Å². The van der Waals surface area contributed by atoms with Gasteiger partial charge in [-0.05, 0) is 47.4 Å². The Morgan fingerprint density at radius 1 is 1.41 bits per heavy atom. The summed E-state index contributed by atoms with van der Waals surface area (Å²) in [6.45, 7) is 2.63. The first-order valence-corrected chi connectivity index (χ1v) is 6.27. The molecule has 98 valence electrons. The van der Waals surface area contributed by atoms with Crippen molar-refractivity contribution in [1.29, 1.82) is 0 Å². The van der Waals surface area contributed by atoms with Gasteiger partial charge in [-0.1, -0.05) is 6.92 Å². The number of nitrogens with one attached hydrogen (secondary N) is 1. The van der Waals surface area contributed by atoms with Crippen molar-refractivity contribution < 1.29 is 17.6 Å². The Bertz CT molecular complexity index is 338. The van der Waals surface area contributed by atoms with Crippen LogP contribution < -0.4 is 5.32 Å². The van der Waals surface area contributed by atoms with Gasteiger partial charge in [0.25, 0.3) is 0 Å². The van der Waals surface area contributed by atoms with E-state index in [4.69, 9.17) is 4.42 Å². The summed E-state index contributed by atoms with van der Waals surface area (Å²) < 4.78 is 42.4. The van der Waals surface area contributed by atoms with Crippen molar-refractivity contribution in [3.05, 3.63) is 22.6 Å². The zero-order valence-electron chi connectivity index (χ0n) is 9.48. The Balaban J connectivity index is 2.60. The summed E-state index contributed by atoms with van der Waals surface area (Å²) in [7, 11) is 0. The first-order chi connectivity index (χ1) is 7.92. The van der Waals surface area contributed by atoms with Gasteiger partial charge in [0.2, 0.25) is 0 Å². The van der Waals surface area contributed by atoms with E-state index in [0.717, 1.165) is 6.42 Å². The highest BCUT2D eigenvalue weighted by atomic mass is 79.9. The molecule has 0 aliphatic heterocycles. The smallest absolute Gasteiger partial charge is 0.389 e. The van der Waals surface area contributed by atoms with Crippen molar-refractivity contribution in [3.63, 3.8) is 0 Å². The number of hydrogen-bond acceptors (Lipinski definition) is 2. The normalized spacial score (nSPS) is 13.9. The molecule has 0 saturated heterocycles. The van der Waals surface area contributed by atoms with Crippen LogP contribution in [0.4, 0.5) is 13.2 Å². The Morgan fingerprint density at radius 2 is 2.12 bits per heavy atom. The molecule has 0 saturated carbocycles. The van der Waals surface area contributed by atoms with Gasteiger partial charge in [0.15, 0.2) is 4.67 Å². The van der Waals surface area contributed by atoms with E-state index in [0.29, 0.717) is 17.0 Å². The lowest BCUT2D eigenvalue weighted by Gasteiger charge is -2.17. The monoisotopic (exact) mass is 313 g/mol. The predicted molar refractivity (Wildman–Crippen MR) is 62.7 cm³/mol. The lowest BCUT2D eigenvalue weighted by atomic mass is 10.1. The van der Waals surface area contributed by atoms with Gasteiger partial charge in [0, 0.05) is 6.42 Å². The van der Waals surface area contributed by atoms with Gasteiger partial charge in [0.05, 0.1) is 6.04 Å². The molecule has 1 heterocycles. The summed E-state index contributed by atoms with van der Waals surface area (Å²) >= 11 is 3.14. The number of alkyl halides is 3. The molecule has 0 spiro atoms. The van der Waals surface area contributed by atoms with E-state index in [9.17, 15) is 13.2 Å². The van der Waals surface area contributed by atoms with Gasteiger partial charge in [0.1, 0.15) is 5.76 Å². The molecular formula is C11H15BrF3NO. The van der Waals surface area contributed by atoms with Crippen LogP contribution >= 0.6 is 15.9 Å². The topological polar surface area (TPSA) is 25.2 Å². The molecule has 0 aliphatic rings. The van der Waals surface area contributed by atoms with Crippen molar-refractivity contribution in [2.75, 3.05) is 6.54 Å². The van der Waals surface area contributed by atoms with E-state index < -0.39 is 12.6 Å². The van der Waals surface area contributed by atoms with Crippen LogP contribution in [-0.2, 0) is 0 Å². The van der Waals surface area contributed by atoms with Crippen LogP contribution in [-0.4, -0.2) is 12.7 Å². The number of halogens is 4. The number of furan rings is 1. The van der Waals surface area contributed by atoms with Crippen molar-refractivity contribution >= 4 is 15.9 Å². The molecule has 1 rings (SSSR count). The fourth-order valence-corrected chi connectivity index (χ4v) is 1.81. The Kier molecular flexibility index (Phi) is 5.52. The standard InChI is InChI=1S/C11H15BrF3NO/c1-2-7-16-8(5-6-11(13,14)15)9-3-4-10(12)17-9/h3-4,8,16H,2,5-7H2,1H3. The van der Waals surface area contributed by atoms with Crippen molar-refractivity contribution in [2.45, 2.75) is 38.4 Å². The molecule has 6 heteroatoms. The molecular weight excluding hydrogens is 299 g/mol. The molecule has 1 N–H and O–H groups in total. The first-order valence-electron chi connectivity index (χ1n) is 5.47. The SMILES string of the molecule is CCCNC(CCC(F)(F)F)c1ccc(Br)o1. The molecule has 1 atom stereocenters. The fraction of sp³-hybridized carbons (Fsp3) is 0.636. The molecule has 0 fully saturated rings. The molecule has 0 bridgehead atoms. The maximum Gasteiger partial charge on any atom is 0.389 e. The van der Waals surface area contributed by atoms with Crippen LogP contribution in [0.25, 0.3) is 0 Å². The van der Waals surface area contributed by atoms with Crippen LogP contribution in [0, 0.1) is 0 Å². The van der Waals surface area contributed by atoms with Crippen LogP contribution in [0.2, 0.25) is 0 Å². The second kappa shape index (κ2) is 6.44. The summed E-state index contributed by atoms with van der Waals surface area (Å²) in [4.78, 5) is 0. The average Bonchev–Trinajstić information content (AvgIpc) is 2.63. The molecule has 17 heavy (non-hydrogen) atoms. The third-order valence-electron chi connectivity index (χ3n) is 2.29. The van der Waals surface area contributed by atoms with Crippen molar-refractivity contribution in [3.8, 4) is 0 Å². The fourth-order valence-electron chi connectivity index (χ4n) is 1.49. The highest BCUT2D eigenvalue weighted by molar-refractivity contribution is 9.10. The third-order valence-corrected chi connectivity index (χ3v) is 2.72. The highest BCUT2D eigenvalue weighted by Gasteiger charge is 2.29. The summed E-state index contributed by atoms with van der Waals surface area (Å²) in [5.74, 6) is 0.537. The summed E-state index contributed by atoms with van der Waals surface area (Å²) in [5.41, 5.74) is 0. The Hall–Kier alpha value is -0.490. The minimum absolute atomic E-state index is 0.0105. The minimum atomic E-state index is -4.13. The van der Waals surface area contributed by atoms with E-state index in [-0.39, 0.29) is 12.5 Å². The summed E-state index contributed by atoms with van der Waals surface area (Å²) in [5, 5.41) is 3.06. The van der Waals surface area contributed by atoms with Gasteiger partial charge in [-0.25, -0.2) is 0 Å². The molecule has 0 aromatic carbocycles. The zero-order chi connectivity index (χ0) is 12.9. The Morgan fingerprint density at radius 3 is 2.59 bits per heavy atom. The van der Waals surface area contributed by atoms with E-state index >= 15 is 0 Å². The maximum atomic E-state index is 12.2. The van der Waals surface area contributed by atoms with Crippen molar-refractivity contribution in [1.82, 2.24) is 5.32 Å². The molecule has 1 unspecified atom stereocenters. The largest absolute Gasteiger partial charge is 0.453 e. The van der Waals surface area contributed by atoms with Crippen molar-refractivity contribution in [2.24, 2.45) is 0 Å². The molecule has 1 aromatic rings.